The van der Waals surface area contributed by atoms with E-state index in [1.165, 1.54) is 17.7 Å². The number of anilines is 1. The highest BCUT2D eigenvalue weighted by Gasteiger charge is 2.12. The van der Waals surface area contributed by atoms with Gasteiger partial charge in [0.15, 0.2) is 5.13 Å². The van der Waals surface area contributed by atoms with E-state index in [9.17, 15) is 4.79 Å². The minimum atomic E-state index is -0.176. The van der Waals surface area contributed by atoms with Crippen LogP contribution in [0.4, 0.5) is 5.95 Å². The fourth-order valence-electron chi connectivity index (χ4n) is 2.06. The van der Waals surface area contributed by atoms with Crippen molar-refractivity contribution in [2.24, 2.45) is 0 Å². The lowest BCUT2D eigenvalue weighted by Crippen LogP contribution is -2.15. The van der Waals surface area contributed by atoms with Crippen molar-refractivity contribution in [1.29, 1.82) is 0 Å². The Bertz CT molecular complexity index is 738. The number of hydrogen-bond donors (Lipinski definition) is 2. The summed E-state index contributed by atoms with van der Waals surface area (Å²) < 4.78 is 2.07. The van der Waals surface area contributed by atoms with E-state index in [1.54, 1.807) is 0 Å². The average Bonchev–Trinajstić information content (AvgIpc) is 3.13. The topological polar surface area (TPSA) is 88.5 Å². The number of aromatic nitrogens is 5. The molecule has 108 valence electrons. The number of carbonyl (C=O) groups is 1. The smallest absolute Gasteiger partial charge is 0.232 e. The van der Waals surface area contributed by atoms with Crippen LogP contribution in [0.25, 0.3) is 5.13 Å². The second kappa shape index (κ2) is 5.49. The highest BCUT2D eigenvalue weighted by molar-refractivity contribution is 7.12. The fourth-order valence-corrected chi connectivity index (χ4v) is 3.00. The number of hydrogen-bond acceptors (Lipinski definition) is 5. The lowest BCUT2D eigenvalue weighted by molar-refractivity contribution is -0.115. The number of nitrogens with zero attached hydrogens (tertiary/aromatic N) is 4. The zero-order valence-electron chi connectivity index (χ0n) is 11.6. The maximum absolute atomic E-state index is 11.9. The van der Waals surface area contributed by atoms with Crippen LogP contribution in [-0.2, 0) is 11.2 Å². The van der Waals surface area contributed by atoms with Crippen LogP contribution >= 0.6 is 11.3 Å². The van der Waals surface area contributed by atoms with Gasteiger partial charge in [-0.25, -0.2) is 10.1 Å². The Morgan fingerprint density at radius 2 is 2.14 bits per heavy atom. The standard InChI is InChI=1S/C13H14N6OS/c1-8-3-4-9(2)19(8)13-16-10(6-21-13)5-11(20)17-12-14-7-15-18-12/h3-4,6-7H,5H2,1-2H3,(H2,14,15,17,18,20). The second-order valence-corrected chi connectivity index (χ2v) is 5.47. The Morgan fingerprint density at radius 3 is 2.81 bits per heavy atom. The Kier molecular flexibility index (Phi) is 3.53. The molecule has 3 rings (SSSR count). The Hall–Kier alpha value is -2.48. The molecule has 2 N–H and O–H groups in total. The van der Waals surface area contributed by atoms with E-state index >= 15 is 0 Å². The van der Waals surface area contributed by atoms with Crippen LogP contribution < -0.4 is 5.32 Å². The molecule has 1 amide bonds. The zero-order chi connectivity index (χ0) is 14.8. The maximum Gasteiger partial charge on any atom is 0.232 e. The summed E-state index contributed by atoms with van der Waals surface area (Å²) in [6.07, 6.45) is 1.55. The minimum Gasteiger partial charge on any atom is -0.295 e. The largest absolute Gasteiger partial charge is 0.295 e. The molecular formula is C13H14N6OS. The van der Waals surface area contributed by atoms with Crippen LogP contribution in [0.2, 0.25) is 0 Å². The van der Waals surface area contributed by atoms with Crippen molar-refractivity contribution < 1.29 is 4.79 Å². The van der Waals surface area contributed by atoms with Gasteiger partial charge in [-0.2, -0.15) is 10.1 Å². The third-order valence-electron chi connectivity index (χ3n) is 3.02. The van der Waals surface area contributed by atoms with Crippen LogP contribution in [0.1, 0.15) is 17.1 Å². The molecular weight excluding hydrogens is 288 g/mol. The van der Waals surface area contributed by atoms with Crippen molar-refractivity contribution >= 4 is 23.2 Å². The molecule has 0 fully saturated rings. The van der Waals surface area contributed by atoms with Gasteiger partial charge in [-0.1, -0.05) is 0 Å². The van der Waals surface area contributed by atoms with Crippen LogP contribution in [-0.4, -0.2) is 30.6 Å². The molecule has 0 aromatic carbocycles. The minimum absolute atomic E-state index is 0.176. The first-order valence-electron chi connectivity index (χ1n) is 6.38. The van der Waals surface area contributed by atoms with Gasteiger partial charge in [0.1, 0.15) is 6.33 Å². The van der Waals surface area contributed by atoms with Gasteiger partial charge in [0.05, 0.1) is 12.1 Å². The van der Waals surface area contributed by atoms with Crippen LogP contribution in [0.5, 0.6) is 0 Å². The van der Waals surface area contributed by atoms with E-state index in [2.05, 4.69) is 30.0 Å². The highest BCUT2D eigenvalue weighted by Crippen LogP contribution is 2.20. The van der Waals surface area contributed by atoms with E-state index in [0.717, 1.165) is 22.2 Å². The van der Waals surface area contributed by atoms with Crippen LogP contribution in [0.15, 0.2) is 23.8 Å². The SMILES string of the molecule is Cc1ccc(C)n1-c1nc(CC(=O)Nc2ncn[nH]2)cs1. The molecule has 0 atom stereocenters. The average molecular weight is 302 g/mol. The van der Waals surface area contributed by atoms with E-state index in [0.29, 0.717) is 5.95 Å². The summed E-state index contributed by atoms with van der Waals surface area (Å²) in [5.41, 5.74) is 2.98. The molecule has 3 heterocycles. The summed E-state index contributed by atoms with van der Waals surface area (Å²) in [6.45, 7) is 4.06. The fraction of sp³-hybridized carbons (Fsp3) is 0.231. The first kappa shape index (κ1) is 13.5. The highest BCUT2D eigenvalue weighted by atomic mass is 32.1. The molecule has 0 bridgehead atoms. The molecule has 3 aromatic rings. The van der Waals surface area contributed by atoms with Gasteiger partial charge in [-0.3, -0.25) is 14.7 Å². The van der Waals surface area contributed by atoms with E-state index in [1.807, 2.05) is 31.4 Å². The molecule has 0 saturated heterocycles. The molecule has 7 nitrogen and oxygen atoms in total. The normalized spacial score (nSPS) is 10.8. The second-order valence-electron chi connectivity index (χ2n) is 4.63. The van der Waals surface area contributed by atoms with Crippen molar-refractivity contribution in [3.05, 3.63) is 40.9 Å². The monoisotopic (exact) mass is 302 g/mol. The third-order valence-corrected chi connectivity index (χ3v) is 3.89. The van der Waals surface area contributed by atoms with Gasteiger partial charge in [-0.05, 0) is 26.0 Å². The van der Waals surface area contributed by atoms with E-state index < -0.39 is 0 Å². The first-order chi connectivity index (χ1) is 10.1. The van der Waals surface area contributed by atoms with Crippen LogP contribution in [0, 0.1) is 13.8 Å². The summed E-state index contributed by atoms with van der Waals surface area (Å²) in [4.78, 5) is 20.2. The number of aryl methyl sites for hydroxylation is 2. The Balaban J connectivity index is 1.72. The van der Waals surface area contributed by atoms with E-state index in [4.69, 9.17) is 0 Å². The molecule has 0 spiro atoms. The number of amides is 1. The van der Waals surface area contributed by atoms with Gasteiger partial charge in [0.2, 0.25) is 11.9 Å². The molecule has 0 aliphatic rings. The molecule has 21 heavy (non-hydrogen) atoms. The number of aromatic amines is 1. The van der Waals surface area contributed by atoms with Crippen molar-refractivity contribution in [1.82, 2.24) is 24.7 Å². The van der Waals surface area contributed by atoms with Crippen molar-refractivity contribution in [3.63, 3.8) is 0 Å². The lowest BCUT2D eigenvalue weighted by Gasteiger charge is -2.04. The summed E-state index contributed by atoms with van der Waals surface area (Å²) in [5, 5.41) is 11.6. The maximum atomic E-state index is 11.9. The molecule has 8 heteroatoms. The molecule has 3 aromatic heterocycles. The number of nitrogens with one attached hydrogen (secondary N) is 2. The molecule has 0 aliphatic heterocycles. The zero-order valence-corrected chi connectivity index (χ0v) is 12.4. The molecule has 0 aliphatic carbocycles. The third kappa shape index (κ3) is 2.84. The number of rotatable bonds is 4. The molecule has 0 radical (unpaired) electrons. The quantitative estimate of drug-likeness (QED) is 0.770. The Morgan fingerprint density at radius 1 is 1.38 bits per heavy atom. The van der Waals surface area contributed by atoms with Gasteiger partial charge in [0, 0.05) is 16.8 Å². The van der Waals surface area contributed by atoms with Gasteiger partial charge < -0.3 is 0 Å². The first-order valence-corrected chi connectivity index (χ1v) is 7.26. The van der Waals surface area contributed by atoms with Gasteiger partial charge in [0.25, 0.3) is 0 Å². The summed E-state index contributed by atoms with van der Waals surface area (Å²) >= 11 is 1.52. The van der Waals surface area contributed by atoms with Crippen molar-refractivity contribution in [2.75, 3.05) is 5.32 Å². The number of carbonyl (C=O) groups excluding carboxylic acids is 1. The van der Waals surface area contributed by atoms with E-state index in [-0.39, 0.29) is 12.3 Å². The summed E-state index contributed by atoms with van der Waals surface area (Å²) in [7, 11) is 0. The lowest BCUT2D eigenvalue weighted by atomic mass is 10.3. The summed E-state index contributed by atoms with van der Waals surface area (Å²) in [6, 6.07) is 4.10. The van der Waals surface area contributed by atoms with Gasteiger partial charge in [-0.15, -0.1) is 11.3 Å². The predicted octanol–water partition coefficient (Wildman–Crippen LogP) is 1.85. The number of thiazole rings is 1. The molecule has 0 unspecified atom stereocenters. The predicted molar refractivity (Wildman–Crippen MR) is 79.6 cm³/mol. The number of H-pyrrole nitrogens is 1. The van der Waals surface area contributed by atoms with Crippen LogP contribution in [0.3, 0.4) is 0 Å². The molecule has 0 saturated carbocycles. The van der Waals surface area contributed by atoms with Crippen molar-refractivity contribution in [3.8, 4) is 5.13 Å². The van der Waals surface area contributed by atoms with Gasteiger partial charge >= 0.3 is 0 Å². The Labute approximate surface area is 125 Å². The summed E-state index contributed by atoms with van der Waals surface area (Å²) in [5.74, 6) is 0.164. The van der Waals surface area contributed by atoms with Crippen molar-refractivity contribution in [2.45, 2.75) is 20.3 Å².